The van der Waals surface area contributed by atoms with E-state index in [2.05, 4.69) is 15.4 Å². The van der Waals surface area contributed by atoms with Crippen molar-refractivity contribution in [1.82, 2.24) is 0 Å². The van der Waals surface area contributed by atoms with Crippen LogP contribution in [-0.4, -0.2) is 75.8 Å². The molecule has 1 aliphatic heterocycles. The molecule has 17 heavy (non-hydrogen) atoms. The van der Waals surface area contributed by atoms with Crippen molar-refractivity contribution < 1.29 is 43.2 Å². The molecule has 1 fully saturated rings. The molecule has 0 spiro atoms. The molecule has 0 saturated carbocycles. The second-order valence-corrected chi connectivity index (χ2v) is 5.22. The molecule has 0 aromatic rings. The summed E-state index contributed by atoms with van der Waals surface area (Å²) in [4.78, 5) is 0. The second-order valence-electron chi connectivity index (χ2n) is 3.23. The fourth-order valence-electron chi connectivity index (χ4n) is 1.03. The highest BCUT2D eigenvalue weighted by molar-refractivity contribution is 8.09. The highest BCUT2D eigenvalue weighted by atomic mass is 35.7. The van der Waals surface area contributed by atoms with E-state index in [1.165, 1.54) is 0 Å². The fourth-order valence-corrected chi connectivity index (χ4v) is 1.03. The zero-order valence-corrected chi connectivity index (χ0v) is 9.91. The van der Waals surface area contributed by atoms with E-state index >= 15 is 0 Å². The van der Waals surface area contributed by atoms with E-state index in [-0.39, 0.29) is 6.61 Å². The number of hydrogen-bond acceptors (Lipinski definition) is 8. The summed E-state index contributed by atoms with van der Waals surface area (Å²) in [6.45, 7) is -1.16. The summed E-state index contributed by atoms with van der Waals surface area (Å²) in [5.74, 6) is -2.17. The third-order valence-electron chi connectivity index (χ3n) is 1.91. The first-order valence-corrected chi connectivity index (χ1v) is 6.46. The van der Waals surface area contributed by atoms with Gasteiger partial charge in [-0.15, -0.1) is 0 Å². The molecule has 9 nitrogen and oxygen atoms in total. The molecule has 1 rings (SSSR count). The third-order valence-corrected chi connectivity index (χ3v) is 1.91. The lowest BCUT2D eigenvalue weighted by Crippen LogP contribution is -2.62. The van der Waals surface area contributed by atoms with Crippen LogP contribution < -0.4 is 0 Å². The van der Waals surface area contributed by atoms with E-state index in [4.69, 9.17) is 33.4 Å². The molecule has 1 aliphatic rings. The summed E-state index contributed by atoms with van der Waals surface area (Å²) in [6.07, 6.45) is -4.45. The minimum Gasteiger partial charge on any atom is -0.391 e. The Morgan fingerprint density at radius 2 is 1.76 bits per heavy atom. The Balaban J connectivity index is 0.000000437. The van der Waals surface area contributed by atoms with Crippen LogP contribution in [0.1, 0.15) is 0 Å². The van der Waals surface area contributed by atoms with Crippen molar-refractivity contribution in [3.8, 4) is 0 Å². The van der Waals surface area contributed by atoms with Crippen molar-refractivity contribution in [2.24, 2.45) is 0 Å². The van der Waals surface area contributed by atoms with Crippen LogP contribution in [0.5, 0.6) is 0 Å². The van der Waals surface area contributed by atoms with E-state index in [0.717, 1.165) is 0 Å². The average Bonchev–Trinajstić information content (AvgIpc) is 2.19. The summed E-state index contributed by atoms with van der Waals surface area (Å²) in [6, 6.07) is 0. The van der Waals surface area contributed by atoms with E-state index in [1.54, 1.807) is 0 Å². The third kappa shape index (κ3) is 5.90. The van der Waals surface area contributed by atoms with E-state index in [1.807, 2.05) is 0 Å². The van der Waals surface area contributed by atoms with Gasteiger partial charge in [0, 0.05) is 10.7 Å². The lowest BCUT2D eigenvalue weighted by molar-refractivity contribution is -0.331. The van der Waals surface area contributed by atoms with Crippen LogP contribution in [0.4, 0.5) is 0 Å². The second kappa shape index (κ2) is 6.22. The van der Waals surface area contributed by atoms with Crippen molar-refractivity contribution >= 4 is 20.0 Å². The molecule has 0 radical (unpaired) electrons. The smallest absolute Gasteiger partial charge is 0.353 e. The van der Waals surface area contributed by atoms with Gasteiger partial charge in [0.05, 0.1) is 13.2 Å². The first-order chi connectivity index (χ1) is 7.51. The number of hydrogen-bond donors (Lipinski definition) is 6. The molecule has 0 aliphatic carbocycles. The molecule has 1 heterocycles. The Bertz CT molecular complexity index is 324. The van der Waals surface area contributed by atoms with Crippen LogP contribution >= 0.6 is 10.7 Å². The van der Waals surface area contributed by atoms with Gasteiger partial charge in [-0.3, -0.25) is 4.55 Å². The highest BCUT2D eigenvalue weighted by Crippen LogP contribution is 2.22. The molecular weight excluding hydrogens is 284 g/mol. The normalized spacial score (nSPS) is 38.2. The SMILES string of the molecule is O=S(=O)(O)Cl.OCC1(O)OC[C@@H](O)[C@@H](O)[C@@H]1O. The molecular formula is C6H13ClO9S. The molecule has 4 atom stereocenters. The van der Waals surface area contributed by atoms with Gasteiger partial charge in [-0.05, 0) is 0 Å². The maximum atomic E-state index is 9.24. The number of halogens is 1. The summed E-state index contributed by atoms with van der Waals surface area (Å²) in [7, 11) is -0.137. The highest BCUT2D eigenvalue weighted by Gasteiger charge is 2.47. The zero-order valence-electron chi connectivity index (χ0n) is 8.34. The Hall–Kier alpha value is -0.0400. The zero-order chi connectivity index (χ0) is 13.9. The number of aliphatic hydroxyl groups is 5. The van der Waals surface area contributed by atoms with Gasteiger partial charge in [-0.2, -0.15) is 8.42 Å². The summed E-state index contributed by atoms with van der Waals surface area (Å²) >= 11 is 0. The summed E-state index contributed by atoms with van der Waals surface area (Å²) in [5.41, 5.74) is 0. The molecule has 6 N–H and O–H groups in total. The minimum absolute atomic E-state index is 0.324. The van der Waals surface area contributed by atoms with Crippen molar-refractivity contribution in [3.05, 3.63) is 0 Å². The molecule has 0 amide bonds. The quantitative estimate of drug-likeness (QED) is 0.216. The Kier molecular flexibility index (Phi) is 6.21. The first-order valence-electron chi connectivity index (χ1n) is 4.19. The molecule has 1 saturated heterocycles. The standard InChI is InChI=1S/C6H12O6.ClHO3S/c7-2-6(11)5(10)4(9)3(8)1-12-6;1-5(2,3)4/h3-5,7-11H,1-2H2;(H,2,3,4)/t3-,4-,5+,6?;/m1./s1. The molecule has 0 aromatic carbocycles. The predicted octanol–water partition coefficient (Wildman–Crippen LogP) is -3.19. The maximum Gasteiger partial charge on any atom is 0.353 e. The lowest BCUT2D eigenvalue weighted by Gasteiger charge is -2.40. The van der Waals surface area contributed by atoms with Crippen molar-refractivity contribution in [2.75, 3.05) is 13.2 Å². The van der Waals surface area contributed by atoms with Gasteiger partial charge in [0.25, 0.3) is 0 Å². The largest absolute Gasteiger partial charge is 0.391 e. The minimum atomic E-state index is -4.19. The van der Waals surface area contributed by atoms with Crippen LogP contribution in [0.15, 0.2) is 0 Å². The molecule has 11 heteroatoms. The number of ether oxygens (including phenoxy) is 1. The van der Waals surface area contributed by atoms with Crippen LogP contribution in [0.2, 0.25) is 0 Å². The van der Waals surface area contributed by atoms with Crippen LogP contribution in [0.3, 0.4) is 0 Å². The Morgan fingerprint density at radius 3 is 2.12 bits per heavy atom. The molecule has 0 aromatic heterocycles. The molecule has 1 unspecified atom stereocenters. The maximum absolute atomic E-state index is 9.24. The van der Waals surface area contributed by atoms with Gasteiger partial charge in [0.1, 0.15) is 18.3 Å². The summed E-state index contributed by atoms with van der Waals surface area (Å²) in [5, 5.41) is 45.0. The van der Waals surface area contributed by atoms with Gasteiger partial charge < -0.3 is 30.3 Å². The molecule has 0 bridgehead atoms. The van der Waals surface area contributed by atoms with Gasteiger partial charge in [0.15, 0.2) is 0 Å². The summed E-state index contributed by atoms with van der Waals surface area (Å²) < 4.78 is 29.7. The van der Waals surface area contributed by atoms with E-state index in [0.29, 0.717) is 0 Å². The fraction of sp³-hybridized carbons (Fsp3) is 1.00. The first kappa shape index (κ1) is 17.0. The van der Waals surface area contributed by atoms with E-state index < -0.39 is 40.0 Å². The van der Waals surface area contributed by atoms with Gasteiger partial charge in [-0.25, -0.2) is 0 Å². The topological polar surface area (TPSA) is 165 Å². The predicted molar refractivity (Wildman–Crippen MR) is 53.4 cm³/mol. The van der Waals surface area contributed by atoms with Crippen molar-refractivity contribution in [2.45, 2.75) is 24.1 Å². The number of aliphatic hydroxyl groups excluding tert-OH is 4. The van der Waals surface area contributed by atoms with E-state index in [9.17, 15) is 5.11 Å². The Morgan fingerprint density at radius 1 is 1.35 bits per heavy atom. The van der Waals surface area contributed by atoms with Crippen LogP contribution in [-0.2, 0) is 14.1 Å². The van der Waals surface area contributed by atoms with Gasteiger partial charge in [-0.1, -0.05) is 0 Å². The average molecular weight is 297 g/mol. The van der Waals surface area contributed by atoms with Gasteiger partial charge >= 0.3 is 9.33 Å². The number of rotatable bonds is 1. The van der Waals surface area contributed by atoms with Crippen LogP contribution in [0, 0.1) is 0 Å². The van der Waals surface area contributed by atoms with Crippen LogP contribution in [0.25, 0.3) is 0 Å². The Labute approximate surface area is 101 Å². The van der Waals surface area contributed by atoms with Crippen molar-refractivity contribution in [1.29, 1.82) is 0 Å². The van der Waals surface area contributed by atoms with Gasteiger partial charge in [0.2, 0.25) is 5.79 Å². The lowest BCUT2D eigenvalue weighted by atomic mass is 9.98. The van der Waals surface area contributed by atoms with Crippen molar-refractivity contribution in [3.63, 3.8) is 0 Å². The monoisotopic (exact) mass is 296 g/mol. The molecule has 104 valence electrons.